The molecule has 0 aromatic heterocycles. The summed E-state index contributed by atoms with van der Waals surface area (Å²) < 4.78 is 6.18. The molecule has 2 nitrogen and oxygen atoms in total. The van der Waals surface area contributed by atoms with Gasteiger partial charge in [-0.1, -0.05) is 49.8 Å². The Kier molecular flexibility index (Phi) is 5.46. The molecule has 1 aliphatic carbocycles. The Morgan fingerprint density at radius 2 is 2.00 bits per heavy atom. The molecule has 0 N–H and O–H groups in total. The van der Waals surface area contributed by atoms with Gasteiger partial charge in [0, 0.05) is 6.54 Å². The standard InChI is InChI=1S/C17H25NO/c1-3-18(4-2)16-12-8-9-13-17(16)19-14-15-10-6-5-7-11-15/h3,5-7,10-11,16-17H,1,4,8-9,12-14H2,2H3/t16-,17-/m0/s1. The highest BCUT2D eigenvalue weighted by atomic mass is 16.5. The Hall–Kier alpha value is -1.28. The maximum absolute atomic E-state index is 6.18. The summed E-state index contributed by atoms with van der Waals surface area (Å²) in [7, 11) is 0. The van der Waals surface area contributed by atoms with E-state index in [2.05, 4.69) is 42.7 Å². The first-order valence-electron chi connectivity index (χ1n) is 7.39. The molecule has 0 aliphatic heterocycles. The third-order valence-electron chi connectivity index (χ3n) is 4.00. The lowest BCUT2D eigenvalue weighted by Crippen LogP contribution is -2.43. The van der Waals surface area contributed by atoms with Gasteiger partial charge in [-0.15, -0.1) is 0 Å². The molecule has 104 valence electrons. The third kappa shape index (κ3) is 3.84. The second-order valence-electron chi connectivity index (χ2n) is 5.20. The van der Waals surface area contributed by atoms with Gasteiger partial charge in [-0.3, -0.25) is 0 Å². The molecule has 0 amide bonds. The van der Waals surface area contributed by atoms with Crippen LogP contribution in [0, 0.1) is 0 Å². The van der Waals surface area contributed by atoms with E-state index >= 15 is 0 Å². The van der Waals surface area contributed by atoms with Gasteiger partial charge in [0.1, 0.15) is 0 Å². The molecule has 0 bridgehead atoms. The van der Waals surface area contributed by atoms with E-state index in [0.717, 1.165) is 13.2 Å². The Morgan fingerprint density at radius 3 is 2.68 bits per heavy atom. The smallest absolute Gasteiger partial charge is 0.0782 e. The molecule has 1 saturated carbocycles. The van der Waals surface area contributed by atoms with Crippen molar-refractivity contribution < 1.29 is 4.74 Å². The number of ether oxygens (including phenoxy) is 1. The van der Waals surface area contributed by atoms with Crippen molar-refractivity contribution in [3.63, 3.8) is 0 Å². The van der Waals surface area contributed by atoms with Crippen molar-refractivity contribution in [2.75, 3.05) is 6.54 Å². The summed E-state index contributed by atoms with van der Waals surface area (Å²) in [5, 5.41) is 0. The van der Waals surface area contributed by atoms with E-state index in [0.29, 0.717) is 12.1 Å². The monoisotopic (exact) mass is 259 g/mol. The van der Waals surface area contributed by atoms with Gasteiger partial charge in [0.05, 0.1) is 18.8 Å². The fraction of sp³-hybridized carbons (Fsp3) is 0.529. The first-order chi connectivity index (χ1) is 9.35. The number of rotatable bonds is 6. The van der Waals surface area contributed by atoms with Crippen LogP contribution in [0.2, 0.25) is 0 Å². The van der Waals surface area contributed by atoms with Crippen LogP contribution in [0.4, 0.5) is 0 Å². The molecule has 2 atom stereocenters. The minimum Gasteiger partial charge on any atom is -0.373 e. The van der Waals surface area contributed by atoms with Gasteiger partial charge in [0.2, 0.25) is 0 Å². The van der Waals surface area contributed by atoms with E-state index in [1.165, 1.54) is 31.2 Å². The summed E-state index contributed by atoms with van der Waals surface area (Å²) in [5.74, 6) is 0. The molecule has 2 heteroatoms. The molecule has 2 rings (SSSR count). The highest BCUT2D eigenvalue weighted by molar-refractivity contribution is 5.13. The summed E-state index contributed by atoms with van der Waals surface area (Å²) in [4.78, 5) is 2.33. The Morgan fingerprint density at radius 1 is 1.26 bits per heavy atom. The van der Waals surface area contributed by atoms with E-state index in [4.69, 9.17) is 4.74 Å². The van der Waals surface area contributed by atoms with Crippen LogP contribution in [0.1, 0.15) is 38.2 Å². The molecule has 1 aliphatic rings. The van der Waals surface area contributed by atoms with Crippen molar-refractivity contribution in [1.29, 1.82) is 0 Å². The molecule has 0 saturated heterocycles. The molecule has 0 spiro atoms. The molecule has 1 aromatic carbocycles. The zero-order valence-corrected chi connectivity index (χ0v) is 11.9. The van der Waals surface area contributed by atoms with E-state index < -0.39 is 0 Å². The number of nitrogens with zero attached hydrogens (tertiary/aromatic N) is 1. The van der Waals surface area contributed by atoms with Gasteiger partial charge in [-0.05, 0) is 31.5 Å². The van der Waals surface area contributed by atoms with E-state index in [1.807, 2.05) is 12.3 Å². The van der Waals surface area contributed by atoms with Gasteiger partial charge < -0.3 is 9.64 Å². The van der Waals surface area contributed by atoms with E-state index in [-0.39, 0.29) is 0 Å². The summed E-state index contributed by atoms with van der Waals surface area (Å²) in [6.07, 6.45) is 7.29. The first kappa shape index (κ1) is 14.1. The van der Waals surface area contributed by atoms with Crippen LogP contribution in [-0.4, -0.2) is 23.6 Å². The lowest BCUT2D eigenvalue weighted by atomic mass is 9.91. The van der Waals surface area contributed by atoms with Crippen LogP contribution in [0.15, 0.2) is 43.1 Å². The van der Waals surface area contributed by atoms with Crippen molar-refractivity contribution in [3.05, 3.63) is 48.7 Å². The second-order valence-corrected chi connectivity index (χ2v) is 5.20. The van der Waals surface area contributed by atoms with Crippen LogP contribution in [-0.2, 0) is 11.3 Å². The number of hydrogen-bond acceptors (Lipinski definition) is 2. The van der Waals surface area contributed by atoms with Crippen LogP contribution in [0.25, 0.3) is 0 Å². The maximum Gasteiger partial charge on any atom is 0.0782 e. The summed E-state index contributed by atoms with van der Waals surface area (Å²) in [6.45, 7) is 7.85. The van der Waals surface area contributed by atoms with Crippen molar-refractivity contribution in [2.45, 2.75) is 51.4 Å². The molecule has 0 radical (unpaired) electrons. The van der Waals surface area contributed by atoms with Gasteiger partial charge in [0.15, 0.2) is 0 Å². The molecule has 19 heavy (non-hydrogen) atoms. The number of likely N-dealkylation sites (N-methyl/N-ethyl adjacent to an activating group) is 1. The van der Waals surface area contributed by atoms with Crippen molar-refractivity contribution in [3.8, 4) is 0 Å². The zero-order valence-electron chi connectivity index (χ0n) is 11.9. The first-order valence-corrected chi connectivity index (χ1v) is 7.39. The quantitative estimate of drug-likeness (QED) is 0.766. The second kappa shape index (κ2) is 7.34. The average Bonchev–Trinajstić information content (AvgIpc) is 2.48. The maximum atomic E-state index is 6.18. The summed E-state index contributed by atoms with van der Waals surface area (Å²) in [6, 6.07) is 10.9. The van der Waals surface area contributed by atoms with Crippen molar-refractivity contribution in [1.82, 2.24) is 4.90 Å². The molecule has 0 heterocycles. The molecule has 1 fully saturated rings. The minimum absolute atomic E-state index is 0.340. The highest BCUT2D eigenvalue weighted by Crippen LogP contribution is 2.26. The number of benzene rings is 1. The predicted molar refractivity (Wildman–Crippen MR) is 79.9 cm³/mol. The fourth-order valence-electron chi connectivity index (χ4n) is 2.93. The summed E-state index contributed by atoms with van der Waals surface area (Å²) in [5.41, 5.74) is 1.26. The average molecular weight is 259 g/mol. The van der Waals surface area contributed by atoms with E-state index in [9.17, 15) is 0 Å². The largest absolute Gasteiger partial charge is 0.373 e. The summed E-state index contributed by atoms with van der Waals surface area (Å²) >= 11 is 0. The minimum atomic E-state index is 0.340. The van der Waals surface area contributed by atoms with Crippen LogP contribution in [0.5, 0.6) is 0 Å². The topological polar surface area (TPSA) is 12.5 Å². The Labute approximate surface area is 117 Å². The zero-order chi connectivity index (χ0) is 13.5. The Bertz CT molecular complexity index is 376. The molecular weight excluding hydrogens is 234 g/mol. The van der Waals surface area contributed by atoms with Crippen molar-refractivity contribution >= 4 is 0 Å². The van der Waals surface area contributed by atoms with Crippen molar-refractivity contribution in [2.24, 2.45) is 0 Å². The van der Waals surface area contributed by atoms with Crippen LogP contribution in [0.3, 0.4) is 0 Å². The fourth-order valence-corrected chi connectivity index (χ4v) is 2.93. The highest BCUT2D eigenvalue weighted by Gasteiger charge is 2.28. The van der Waals surface area contributed by atoms with E-state index in [1.54, 1.807) is 0 Å². The molecule has 1 aromatic rings. The Balaban J connectivity index is 1.94. The molecular formula is C17H25NO. The lowest BCUT2D eigenvalue weighted by Gasteiger charge is -2.38. The van der Waals surface area contributed by atoms with Crippen LogP contribution < -0.4 is 0 Å². The van der Waals surface area contributed by atoms with Gasteiger partial charge >= 0.3 is 0 Å². The normalized spacial score (nSPS) is 23.0. The molecule has 0 unspecified atom stereocenters. The van der Waals surface area contributed by atoms with Gasteiger partial charge in [-0.2, -0.15) is 0 Å². The number of hydrogen-bond donors (Lipinski definition) is 0. The lowest BCUT2D eigenvalue weighted by molar-refractivity contribution is -0.0319. The van der Waals surface area contributed by atoms with Gasteiger partial charge in [-0.25, -0.2) is 0 Å². The van der Waals surface area contributed by atoms with Crippen LogP contribution >= 0.6 is 0 Å². The third-order valence-corrected chi connectivity index (χ3v) is 4.00. The SMILES string of the molecule is C=CN(CC)[C@H]1CCCC[C@@H]1OCc1ccccc1. The predicted octanol–water partition coefficient (Wildman–Crippen LogP) is 3.98. The van der Waals surface area contributed by atoms with Gasteiger partial charge in [0.25, 0.3) is 0 Å².